The van der Waals surface area contributed by atoms with Crippen LogP contribution in [0.25, 0.3) is 55.6 Å². The van der Waals surface area contributed by atoms with Gasteiger partial charge >= 0.3 is 0 Å². The van der Waals surface area contributed by atoms with Gasteiger partial charge < -0.3 is 10.2 Å². The molecule has 442 valence electrons. The van der Waals surface area contributed by atoms with E-state index in [4.69, 9.17) is 0 Å². The molecule has 3 aliphatic carbocycles. The third-order valence-corrected chi connectivity index (χ3v) is 20.8. The minimum absolute atomic E-state index is 0.0227. The van der Waals surface area contributed by atoms with Crippen LogP contribution in [-0.2, 0) is 16.2 Å². The fourth-order valence-electron chi connectivity index (χ4n) is 16.3. The van der Waals surface area contributed by atoms with Crippen molar-refractivity contribution in [1.29, 1.82) is 0 Å². The first-order valence-electron chi connectivity index (χ1n) is 34.2. The Kier molecular flexibility index (Phi) is 19.7. The van der Waals surface area contributed by atoms with Gasteiger partial charge in [0.1, 0.15) is 11.5 Å². The van der Waals surface area contributed by atoms with Crippen molar-refractivity contribution in [3.8, 4) is 67.1 Å². The number of hydrogen-bond acceptors (Lipinski definition) is 2. The Morgan fingerprint density at radius 1 is 0.247 bits per heavy atom. The molecule has 0 spiro atoms. The lowest BCUT2D eigenvalue weighted by atomic mass is 9.67. The van der Waals surface area contributed by atoms with E-state index < -0.39 is 5.41 Å². The van der Waals surface area contributed by atoms with Gasteiger partial charge in [-0.3, -0.25) is 0 Å². The molecule has 0 saturated heterocycles. The van der Waals surface area contributed by atoms with Crippen LogP contribution in [0.4, 0.5) is 0 Å². The highest BCUT2D eigenvalue weighted by atomic mass is 16.3. The molecule has 0 fully saturated rings. The Hall–Kier alpha value is -6.64. The smallest absolute Gasteiger partial charge is 0.115 e. The zero-order chi connectivity index (χ0) is 58.6. The minimum atomic E-state index is -0.767. The summed E-state index contributed by atoms with van der Waals surface area (Å²) < 4.78 is 0. The Balaban J connectivity index is 1.03. The molecule has 0 unspecified atom stereocenters. The second kappa shape index (κ2) is 27.8. The summed E-state index contributed by atoms with van der Waals surface area (Å²) in [6.07, 6.45) is 35.9. The summed E-state index contributed by atoms with van der Waals surface area (Å²) in [6, 6.07) is 64.4. The van der Waals surface area contributed by atoms with Crippen molar-refractivity contribution < 1.29 is 10.2 Å². The topological polar surface area (TPSA) is 40.5 Å². The second-order valence-electron chi connectivity index (χ2n) is 26.2. The molecule has 0 amide bonds. The van der Waals surface area contributed by atoms with Crippen LogP contribution in [0, 0.1) is 0 Å². The molecule has 0 aromatic heterocycles. The van der Waals surface area contributed by atoms with Gasteiger partial charge in [0, 0.05) is 10.8 Å². The molecule has 0 saturated carbocycles. The maximum absolute atomic E-state index is 11.0. The average molecular weight is 1130 g/mol. The summed E-state index contributed by atoms with van der Waals surface area (Å²) >= 11 is 0. The average Bonchev–Trinajstić information content (AvgIpc) is 1.68. The minimum Gasteiger partial charge on any atom is -0.508 e. The number of benzene rings is 8. The van der Waals surface area contributed by atoms with E-state index in [-0.39, 0.29) is 22.3 Å². The highest BCUT2D eigenvalue weighted by molar-refractivity contribution is 5.92. The highest BCUT2D eigenvalue weighted by Crippen LogP contribution is 2.60. The Morgan fingerprint density at radius 2 is 0.506 bits per heavy atom. The fraction of sp³-hybridized carbons (Fsp3) is 0.422. The van der Waals surface area contributed by atoms with Crippen molar-refractivity contribution in [2.45, 2.75) is 224 Å². The van der Waals surface area contributed by atoms with E-state index in [1.54, 1.807) is 0 Å². The van der Waals surface area contributed by atoms with Crippen molar-refractivity contribution in [1.82, 2.24) is 0 Å². The first kappa shape index (κ1) is 60.1. The Labute approximate surface area is 512 Å². The van der Waals surface area contributed by atoms with Crippen LogP contribution in [0.1, 0.15) is 252 Å². The van der Waals surface area contributed by atoms with Crippen molar-refractivity contribution in [3.63, 3.8) is 0 Å². The summed E-state index contributed by atoms with van der Waals surface area (Å²) in [5.41, 5.74) is 23.0. The molecular weight excluding hydrogens is 1030 g/mol. The van der Waals surface area contributed by atoms with Gasteiger partial charge in [-0.15, -0.1) is 0 Å². The molecule has 2 heteroatoms. The van der Waals surface area contributed by atoms with Gasteiger partial charge in [-0.05, 0) is 174 Å². The lowest BCUT2D eigenvalue weighted by Gasteiger charge is -2.35. The van der Waals surface area contributed by atoms with Gasteiger partial charge in [-0.2, -0.15) is 0 Å². The van der Waals surface area contributed by atoms with Gasteiger partial charge in [0.2, 0.25) is 0 Å². The van der Waals surface area contributed by atoms with Gasteiger partial charge in [-0.1, -0.05) is 303 Å². The molecule has 2 N–H and O–H groups in total. The van der Waals surface area contributed by atoms with Crippen molar-refractivity contribution >= 4 is 0 Å². The number of unbranched alkanes of at least 4 members (excludes halogenated alkanes) is 20. The third kappa shape index (κ3) is 12.0. The van der Waals surface area contributed by atoms with Crippen LogP contribution in [0.15, 0.2) is 170 Å². The number of phenolic OH excluding ortho intramolecular Hbond substituents is 2. The van der Waals surface area contributed by atoms with Gasteiger partial charge in [0.25, 0.3) is 0 Å². The van der Waals surface area contributed by atoms with Gasteiger partial charge in [-0.25, -0.2) is 0 Å². The summed E-state index contributed by atoms with van der Waals surface area (Å²) in [5, 5.41) is 22.0. The van der Waals surface area contributed by atoms with E-state index in [1.807, 2.05) is 24.3 Å². The van der Waals surface area contributed by atoms with E-state index in [0.29, 0.717) is 0 Å². The zero-order valence-electron chi connectivity index (χ0n) is 52.4. The standard InChI is InChI=1S/C83H98O2/c1-5-9-13-17-21-29-53-81(54-30-22-18-14-10-6-2)75-35-27-25-33-69(75)71-49-37-61(57-77(71)81)63-39-51-73-74-52-40-64(60-80(74)83(79(73)59-63,65-41-45-67(84)46-42-65)66-43-47-68(85)48-44-66)62-38-50-72-70-34-26-28-36-76(70)82(78(72)58-62,55-31-23-19-15-11-7-3)56-32-24-20-16-12-8-4/h25-28,33-52,57-60,84-85H,5-24,29-32,53-56H2,1-4H3. The molecule has 0 atom stereocenters. The summed E-state index contributed by atoms with van der Waals surface area (Å²) in [7, 11) is 0. The Morgan fingerprint density at radius 3 is 0.824 bits per heavy atom. The number of rotatable bonds is 32. The number of phenols is 2. The third-order valence-electron chi connectivity index (χ3n) is 20.8. The van der Waals surface area contributed by atoms with Crippen LogP contribution >= 0.6 is 0 Å². The summed E-state index contributed by atoms with van der Waals surface area (Å²) in [5.74, 6) is 0.499. The first-order chi connectivity index (χ1) is 41.8. The maximum Gasteiger partial charge on any atom is 0.115 e. The number of fused-ring (bicyclic) bond motifs is 9. The quantitative estimate of drug-likeness (QED) is 0.0413. The number of aromatic hydroxyl groups is 2. The predicted molar refractivity (Wildman–Crippen MR) is 362 cm³/mol. The molecule has 8 aromatic rings. The maximum atomic E-state index is 11.0. The zero-order valence-corrected chi connectivity index (χ0v) is 52.4. The van der Waals surface area contributed by atoms with E-state index in [0.717, 1.165) is 11.1 Å². The monoisotopic (exact) mass is 1130 g/mol. The van der Waals surface area contributed by atoms with Crippen LogP contribution in [-0.4, -0.2) is 10.2 Å². The second-order valence-corrected chi connectivity index (χ2v) is 26.2. The molecule has 85 heavy (non-hydrogen) atoms. The van der Waals surface area contributed by atoms with Crippen molar-refractivity contribution in [2.24, 2.45) is 0 Å². The molecule has 0 bridgehead atoms. The van der Waals surface area contributed by atoms with E-state index >= 15 is 0 Å². The van der Waals surface area contributed by atoms with Gasteiger partial charge in [0.05, 0.1) is 5.41 Å². The lowest BCUT2D eigenvalue weighted by molar-refractivity contribution is 0.398. The largest absolute Gasteiger partial charge is 0.508 e. The lowest BCUT2D eigenvalue weighted by Crippen LogP contribution is -2.28. The van der Waals surface area contributed by atoms with Crippen molar-refractivity contribution in [3.05, 3.63) is 214 Å². The van der Waals surface area contributed by atoms with Crippen molar-refractivity contribution in [2.75, 3.05) is 0 Å². The van der Waals surface area contributed by atoms with E-state index in [1.165, 1.54) is 269 Å². The molecule has 11 rings (SSSR count). The van der Waals surface area contributed by atoms with Crippen LogP contribution < -0.4 is 0 Å². The fourth-order valence-corrected chi connectivity index (χ4v) is 16.3. The molecule has 0 radical (unpaired) electrons. The molecule has 3 aliphatic rings. The molecular formula is C83H98O2. The Bertz CT molecular complexity index is 3220. The SMILES string of the molecule is CCCCCCCCC1(CCCCCCCC)c2ccccc2-c2ccc(-c3ccc4c(c3)C(c3ccc(O)cc3)(c3ccc(O)cc3)c3cc(-c5ccc6c(c5)C(CCCCCCCC)(CCCCCCCC)c5ccccc5-6)ccc3-4)cc21. The van der Waals surface area contributed by atoms with Crippen LogP contribution in [0.5, 0.6) is 11.5 Å². The normalized spacial score (nSPS) is 14.4. The molecule has 0 aliphatic heterocycles. The highest BCUT2D eigenvalue weighted by Gasteiger charge is 2.48. The molecule has 2 nitrogen and oxygen atoms in total. The summed E-state index contributed by atoms with van der Waals surface area (Å²) in [6.45, 7) is 9.28. The van der Waals surface area contributed by atoms with E-state index in [9.17, 15) is 10.2 Å². The van der Waals surface area contributed by atoms with E-state index in [2.05, 4.69) is 173 Å². The van der Waals surface area contributed by atoms with Gasteiger partial charge in [0.15, 0.2) is 0 Å². The van der Waals surface area contributed by atoms with Crippen LogP contribution in [0.3, 0.4) is 0 Å². The van der Waals surface area contributed by atoms with Crippen LogP contribution in [0.2, 0.25) is 0 Å². The first-order valence-corrected chi connectivity index (χ1v) is 34.2. The molecule has 8 aromatic carbocycles. The molecule has 0 heterocycles. The number of hydrogen-bond donors (Lipinski definition) is 2. The summed E-state index contributed by atoms with van der Waals surface area (Å²) in [4.78, 5) is 0. The predicted octanol–water partition coefficient (Wildman–Crippen LogP) is 24.3.